The molecular weight excluding hydrogens is 235 g/mol. The van der Waals surface area contributed by atoms with E-state index in [9.17, 15) is 18.0 Å². The van der Waals surface area contributed by atoms with E-state index in [1.54, 1.807) is 0 Å². The van der Waals surface area contributed by atoms with Gasteiger partial charge in [-0.25, -0.2) is 4.79 Å². The number of rotatable bonds is 1. The summed E-state index contributed by atoms with van der Waals surface area (Å²) in [6.07, 6.45) is -4.80. The molecule has 1 unspecified atom stereocenters. The summed E-state index contributed by atoms with van der Waals surface area (Å²) >= 11 is 0. The Balaban J connectivity index is 2.15. The number of nitrogens with one attached hydrogen (secondary N) is 1. The van der Waals surface area contributed by atoms with E-state index in [4.69, 9.17) is 4.74 Å². The molecule has 2 rings (SSSR count). The van der Waals surface area contributed by atoms with Crippen molar-refractivity contribution in [3.63, 3.8) is 0 Å². The van der Waals surface area contributed by atoms with Crippen LogP contribution in [0.5, 0.6) is 0 Å². The summed E-state index contributed by atoms with van der Waals surface area (Å²) in [6, 6.07) is 4.66. The maximum Gasteiger partial charge on any atom is 0.416 e. The molecular formula is C11H10F3NO2. The van der Waals surface area contributed by atoms with Crippen LogP contribution in [0.3, 0.4) is 0 Å². The van der Waals surface area contributed by atoms with E-state index >= 15 is 0 Å². The number of alkyl carbamates (subject to hydrolysis) is 1. The molecule has 0 radical (unpaired) electrons. The molecule has 17 heavy (non-hydrogen) atoms. The number of carbonyl (C=O) groups is 1. The van der Waals surface area contributed by atoms with Gasteiger partial charge in [0.2, 0.25) is 0 Å². The van der Waals surface area contributed by atoms with Crippen LogP contribution in [0.2, 0.25) is 0 Å². The molecule has 1 atom stereocenters. The van der Waals surface area contributed by atoms with E-state index in [0.29, 0.717) is 18.5 Å². The summed E-state index contributed by atoms with van der Waals surface area (Å²) in [4.78, 5) is 11.0. The second kappa shape index (κ2) is 4.27. The number of carbonyl (C=O) groups excluding carboxylic acids is 1. The molecule has 1 fully saturated rings. The average Bonchev–Trinajstić information content (AvgIpc) is 2.28. The van der Waals surface area contributed by atoms with E-state index < -0.39 is 23.9 Å². The normalized spacial score (nSPS) is 20.6. The second-order valence-electron chi connectivity index (χ2n) is 3.73. The zero-order valence-corrected chi connectivity index (χ0v) is 8.75. The molecule has 1 saturated heterocycles. The third-order valence-electron chi connectivity index (χ3n) is 2.53. The number of ether oxygens (including phenoxy) is 1. The highest BCUT2D eigenvalue weighted by Gasteiger charge is 2.30. The Hall–Kier alpha value is -1.72. The van der Waals surface area contributed by atoms with Gasteiger partial charge in [-0.2, -0.15) is 13.2 Å². The van der Waals surface area contributed by atoms with Crippen molar-refractivity contribution in [2.24, 2.45) is 0 Å². The van der Waals surface area contributed by atoms with Crippen molar-refractivity contribution >= 4 is 6.09 Å². The van der Waals surface area contributed by atoms with Gasteiger partial charge in [0.1, 0.15) is 6.10 Å². The highest BCUT2D eigenvalue weighted by molar-refractivity contribution is 5.68. The molecule has 1 N–H and O–H groups in total. The SMILES string of the molecule is O=C1NCCC(c2ccc(C(F)(F)F)cc2)O1. The van der Waals surface area contributed by atoms with Crippen LogP contribution < -0.4 is 5.32 Å². The van der Waals surface area contributed by atoms with Gasteiger partial charge in [-0.1, -0.05) is 12.1 Å². The largest absolute Gasteiger partial charge is 0.441 e. The zero-order valence-electron chi connectivity index (χ0n) is 8.75. The van der Waals surface area contributed by atoms with E-state index in [-0.39, 0.29) is 0 Å². The molecule has 1 amide bonds. The molecule has 6 heteroatoms. The summed E-state index contributed by atoms with van der Waals surface area (Å²) in [7, 11) is 0. The fourth-order valence-corrected chi connectivity index (χ4v) is 1.66. The third kappa shape index (κ3) is 2.69. The van der Waals surface area contributed by atoms with Crippen molar-refractivity contribution in [1.29, 1.82) is 0 Å². The molecule has 92 valence electrons. The predicted octanol–water partition coefficient (Wildman–Crippen LogP) is 2.88. The Morgan fingerprint density at radius 2 is 1.88 bits per heavy atom. The second-order valence-corrected chi connectivity index (χ2v) is 3.73. The number of benzene rings is 1. The Kier molecular flexibility index (Phi) is 2.95. The Labute approximate surface area is 95.6 Å². The molecule has 1 aromatic carbocycles. The van der Waals surface area contributed by atoms with Crippen molar-refractivity contribution in [1.82, 2.24) is 5.32 Å². The standard InChI is InChI=1S/C11H10F3NO2/c12-11(13,14)8-3-1-7(2-4-8)9-5-6-15-10(16)17-9/h1-4,9H,5-6H2,(H,15,16). The lowest BCUT2D eigenvalue weighted by molar-refractivity contribution is -0.137. The van der Waals surface area contributed by atoms with Crippen molar-refractivity contribution in [3.05, 3.63) is 35.4 Å². The fourth-order valence-electron chi connectivity index (χ4n) is 1.66. The average molecular weight is 245 g/mol. The van der Waals surface area contributed by atoms with Gasteiger partial charge in [0, 0.05) is 13.0 Å². The van der Waals surface area contributed by atoms with Crippen LogP contribution in [0.15, 0.2) is 24.3 Å². The fraction of sp³-hybridized carbons (Fsp3) is 0.364. The first-order valence-electron chi connectivity index (χ1n) is 5.08. The van der Waals surface area contributed by atoms with E-state index in [0.717, 1.165) is 12.1 Å². The molecule has 3 nitrogen and oxygen atoms in total. The highest BCUT2D eigenvalue weighted by Crippen LogP contribution is 2.31. The number of cyclic esters (lactones) is 1. The van der Waals surface area contributed by atoms with Crippen LogP contribution in [-0.4, -0.2) is 12.6 Å². The molecule has 0 bridgehead atoms. The lowest BCUT2D eigenvalue weighted by Gasteiger charge is -2.23. The van der Waals surface area contributed by atoms with E-state index in [2.05, 4.69) is 5.32 Å². The van der Waals surface area contributed by atoms with Gasteiger partial charge in [-0.3, -0.25) is 0 Å². The van der Waals surface area contributed by atoms with Gasteiger partial charge in [-0.05, 0) is 17.7 Å². The van der Waals surface area contributed by atoms with Crippen LogP contribution in [-0.2, 0) is 10.9 Å². The minimum absolute atomic E-state index is 0.463. The summed E-state index contributed by atoms with van der Waals surface area (Å²) in [5, 5.41) is 2.48. The number of hydrogen-bond donors (Lipinski definition) is 1. The summed E-state index contributed by atoms with van der Waals surface area (Å²) in [5.41, 5.74) is -0.130. The van der Waals surface area contributed by atoms with Crippen molar-refractivity contribution in [3.8, 4) is 0 Å². The lowest BCUT2D eigenvalue weighted by atomic mass is 10.0. The first-order valence-corrected chi connectivity index (χ1v) is 5.08. The lowest BCUT2D eigenvalue weighted by Crippen LogP contribution is -2.33. The number of amides is 1. The van der Waals surface area contributed by atoms with Gasteiger partial charge in [0.15, 0.2) is 0 Å². The van der Waals surface area contributed by atoms with E-state index in [1.165, 1.54) is 12.1 Å². The predicted molar refractivity (Wildman–Crippen MR) is 53.3 cm³/mol. The van der Waals surface area contributed by atoms with Crippen molar-refractivity contribution < 1.29 is 22.7 Å². The molecule has 0 spiro atoms. The van der Waals surface area contributed by atoms with Gasteiger partial charge in [-0.15, -0.1) is 0 Å². The van der Waals surface area contributed by atoms with Crippen LogP contribution >= 0.6 is 0 Å². The molecule has 0 aromatic heterocycles. The number of hydrogen-bond acceptors (Lipinski definition) is 2. The Bertz CT molecular complexity index is 414. The minimum Gasteiger partial charge on any atom is -0.441 e. The quantitative estimate of drug-likeness (QED) is 0.826. The Morgan fingerprint density at radius 3 is 2.41 bits per heavy atom. The minimum atomic E-state index is -4.34. The van der Waals surface area contributed by atoms with Crippen molar-refractivity contribution in [2.75, 3.05) is 6.54 Å². The van der Waals surface area contributed by atoms with Crippen LogP contribution in [0.1, 0.15) is 23.7 Å². The number of halogens is 3. The molecule has 0 aliphatic carbocycles. The maximum atomic E-state index is 12.3. The van der Waals surface area contributed by atoms with Gasteiger partial charge >= 0.3 is 12.3 Å². The van der Waals surface area contributed by atoms with E-state index in [1.807, 2.05) is 0 Å². The first-order chi connectivity index (χ1) is 7.97. The van der Waals surface area contributed by atoms with Gasteiger partial charge in [0.25, 0.3) is 0 Å². The number of alkyl halides is 3. The third-order valence-corrected chi connectivity index (χ3v) is 2.53. The monoisotopic (exact) mass is 245 g/mol. The summed E-state index contributed by atoms with van der Waals surface area (Å²) in [6.45, 7) is 0.463. The molecule has 1 aliphatic heterocycles. The van der Waals surface area contributed by atoms with Crippen LogP contribution in [0, 0.1) is 0 Å². The summed E-state index contributed by atoms with van der Waals surface area (Å²) in [5.74, 6) is 0. The van der Waals surface area contributed by atoms with Crippen LogP contribution in [0.4, 0.5) is 18.0 Å². The summed E-state index contributed by atoms with van der Waals surface area (Å²) < 4.78 is 42.0. The molecule has 0 saturated carbocycles. The topological polar surface area (TPSA) is 38.3 Å². The highest BCUT2D eigenvalue weighted by atomic mass is 19.4. The smallest absolute Gasteiger partial charge is 0.416 e. The molecule has 1 heterocycles. The first kappa shape index (κ1) is 11.8. The molecule has 1 aromatic rings. The van der Waals surface area contributed by atoms with Crippen LogP contribution in [0.25, 0.3) is 0 Å². The van der Waals surface area contributed by atoms with Gasteiger partial charge in [0.05, 0.1) is 5.56 Å². The van der Waals surface area contributed by atoms with Crippen molar-refractivity contribution in [2.45, 2.75) is 18.7 Å². The van der Waals surface area contributed by atoms with Gasteiger partial charge < -0.3 is 10.1 Å². The Morgan fingerprint density at radius 1 is 1.24 bits per heavy atom. The molecule has 1 aliphatic rings. The zero-order chi connectivity index (χ0) is 12.5. The maximum absolute atomic E-state index is 12.3.